The monoisotopic (exact) mass is 243 g/mol. The van der Waals surface area contributed by atoms with E-state index in [1.54, 1.807) is 0 Å². The molecule has 2 N–H and O–H groups in total. The summed E-state index contributed by atoms with van der Waals surface area (Å²) in [6, 6.07) is 4.57. The lowest BCUT2D eigenvalue weighted by Crippen LogP contribution is -2.28. The van der Waals surface area contributed by atoms with E-state index in [-0.39, 0.29) is 0 Å². The first-order valence-electron chi connectivity index (χ1n) is 6.56. The normalized spacial score (nSPS) is 18.4. The van der Waals surface area contributed by atoms with Crippen LogP contribution in [0.4, 0.5) is 11.6 Å². The third-order valence-corrected chi connectivity index (χ3v) is 3.44. The smallest absolute Gasteiger partial charge is 0.136 e. The van der Waals surface area contributed by atoms with E-state index in [4.69, 9.17) is 11.0 Å². The number of anilines is 2. The largest absolute Gasteiger partial charge is 0.384 e. The van der Waals surface area contributed by atoms with Gasteiger partial charge in [0.2, 0.25) is 0 Å². The standard InChI is InChI=1S/C13H17N5/c14-6-1-7-18(10-4-5-10)12-8-11(15)16-13(17-12)9-2-3-9/h8-10H,1-5,7H2,(H2,15,16,17). The average molecular weight is 243 g/mol. The maximum Gasteiger partial charge on any atom is 0.136 e. The number of nitrogens with zero attached hydrogens (tertiary/aromatic N) is 4. The molecule has 2 aliphatic rings. The Morgan fingerprint density at radius 2 is 2.11 bits per heavy atom. The van der Waals surface area contributed by atoms with E-state index in [1.165, 1.54) is 25.7 Å². The van der Waals surface area contributed by atoms with Crippen LogP contribution in [0.1, 0.15) is 43.8 Å². The second kappa shape index (κ2) is 4.45. The average Bonchev–Trinajstić information content (AvgIpc) is 3.21. The van der Waals surface area contributed by atoms with Crippen molar-refractivity contribution in [3.8, 4) is 6.07 Å². The van der Waals surface area contributed by atoms with Crippen molar-refractivity contribution in [1.29, 1.82) is 5.26 Å². The molecule has 1 aromatic rings. The lowest BCUT2D eigenvalue weighted by molar-refractivity contribution is 0.766. The summed E-state index contributed by atoms with van der Waals surface area (Å²) < 4.78 is 0. The zero-order chi connectivity index (χ0) is 12.5. The van der Waals surface area contributed by atoms with E-state index in [9.17, 15) is 0 Å². The van der Waals surface area contributed by atoms with Crippen molar-refractivity contribution in [1.82, 2.24) is 9.97 Å². The van der Waals surface area contributed by atoms with Gasteiger partial charge in [0.1, 0.15) is 17.5 Å². The molecule has 5 nitrogen and oxygen atoms in total. The van der Waals surface area contributed by atoms with Gasteiger partial charge < -0.3 is 10.6 Å². The van der Waals surface area contributed by atoms with Crippen LogP contribution in [0.15, 0.2) is 6.07 Å². The molecule has 0 spiro atoms. The summed E-state index contributed by atoms with van der Waals surface area (Å²) in [6.45, 7) is 0.738. The van der Waals surface area contributed by atoms with Gasteiger partial charge in [-0.05, 0) is 25.7 Å². The highest BCUT2D eigenvalue weighted by molar-refractivity contribution is 5.49. The molecular weight excluding hydrogens is 226 g/mol. The van der Waals surface area contributed by atoms with Gasteiger partial charge in [0, 0.05) is 24.6 Å². The second-order valence-corrected chi connectivity index (χ2v) is 5.12. The van der Waals surface area contributed by atoms with Crippen LogP contribution >= 0.6 is 0 Å². The summed E-state index contributed by atoms with van der Waals surface area (Å²) in [7, 11) is 0. The zero-order valence-corrected chi connectivity index (χ0v) is 10.3. The van der Waals surface area contributed by atoms with Crippen LogP contribution in [-0.2, 0) is 0 Å². The van der Waals surface area contributed by atoms with Crippen molar-refractivity contribution in [2.45, 2.75) is 44.1 Å². The first kappa shape index (κ1) is 11.3. The molecule has 0 amide bonds. The fourth-order valence-corrected chi connectivity index (χ4v) is 2.18. The summed E-state index contributed by atoms with van der Waals surface area (Å²) in [6.07, 6.45) is 5.25. The fraction of sp³-hybridized carbons (Fsp3) is 0.615. The van der Waals surface area contributed by atoms with Crippen molar-refractivity contribution < 1.29 is 0 Å². The highest BCUT2D eigenvalue weighted by Crippen LogP contribution is 2.39. The first-order valence-corrected chi connectivity index (χ1v) is 6.56. The molecule has 0 unspecified atom stereocenters. The lowest BCUT2D eigenvalue weighted by Gasteiger charge is -2.22. The van der Waals surface area contributed by atoms with E-state index in [2.05, 4.69) is 20.9 Å². The molecule has 0 aromatic carbocycles. The Kier molecular flexibility index (Phi) is 2.78. The van der Waals surface area contributed by atoms with E-state index in [0.29, 0.717) is 24.2 Å². The Hall–Kier alpha value is -1.83. The second-order valence-electron chi connectivity index (χ2n) is 5.12. The van der Waals surface area contributed by atoms with Crippen LogP contribution in [0, 0.1) is 11.3 Å². The number of hydrogen-bond acceptors (Lipinski definition) is 5. The van der Waals surface area contributed by atoms with Gasteiger partial charge >= 0.3 is 0 Å². The van der Waals surface area contributed by atoms with E-state index in [0.717, 1.165) is 18.2 Å². The summed E-state index contributed by atoms with van der Waals surface area (Å²) in [5.41, 5.74) is 5.87. The predicted molar refractivity (Wildman–Crippen MR) is 69.0 cm³/mol. The molecule has 94 valence electrons. The quantitative estimate of drug-likeness (QED) is 0.853. The minimum atomic E-state index is 0.504. The number of rotatable bonds is 5. The number of nitriles is 1. The summed E-state index contributed by atoms with van der Waals surface area (Å²) in [5.74, 6) is 2.84. The minimum absolute atomic E-state index is 0.504. The van der Waals surface area contributed by atoms with Gasteiger partial charge in [0.15, 0.2) is 0 Å². The van der Waals surface area contributed by atoms with Crippen LogP contribution in [0.5, 0.6) is 0 Å². The van der Waals surface area contributed by atoms with Gasteiger partial charge in [0.05, 0.1) is 12.5 Å². The topological polar surface area (TPSA) is 78.8 Å². The van der Waals surface area contributed by atoms with Gasteiger partial charge in [-0.15, -0.1) is 0 Å². The van der Waals surface area contributed by atoms with E-state index in [1.807, 2.05) is 6.07 Å². The van der Waals surface area contributed by atoms with Gasteiger partial charge in [-0.25, -0.2) is 9.97 Å². The maximum atomic E-state index is 8.74. The van der Waals surface area contributed by atoms with Crippen LogP contribution in [0.3, 0.4) is 0 Å². The Balaban J connectivity index is 1.85. The molecule has 0 radical (unpaired) electrons. The number of aromatic nitrogens is 2. The number of nitrogen functional groups attached to an aromatic ring is 1. The van der Waals surface area contributed by atoms with E-state index >= 15 is 0 Å². The first-order chi connectivity index (χ1) is 8.78. The van der Waals surface area contributed by atoms with Crippen molar-refractivity contribution >= 4 is 11.6 Å². The van der Waals surface area contributed by atoms with Crippen molar-refractivity contribution in [3.63, 3.8) is 0 Å². The minimum Gasteiger partial charge on any atom is -0.384 e. The number of nitrogens with two attached hydrogens (primary N) is 1. The summed E-state index contributed by atoms with van der Waals surface area (Å²) in [4.78, 5) is 11.2. The Morgan fingerprint density at radius 1 is 1.33 bits per heavy atom. The van der Waals surface area contributed by atoms with Crippen LogP contribution in [0.25, 0.3) is 0 Å². The molecule has 5 heteroatoms. The fourth-order valence-electron chi connectivity index (χ4n) is 2.18. The van der Waals surface area contributed by atoms with Gasteiger partial charge in [-0.2, -0.15) is 5.26 Å². The molecule has 0 bridgehead atoms. The third kappa shape index (κ3) is 2.37. The van der Waals surface area contributed by atoms with E-state index < -0.39 is 0 Å². The maximum absolute atomic E-state index is 8.74. The van der Waals surface area contributed by atoms with Crippen molar-refractivity contribution in [2.24, 2.45) is 0 Å². The Bertz CT molecular complexity index is 485. The molecule has 3 rings (SSSR count). The molecule has 0 aliphatic heterocycles. The third-order valence-electron chi connectivity index (χ3n) is 3.44. The zero-order valence-electron chi connectivity index (χ0n) is 10.3. The lowest BCUT2D eigenvalue weighted by atomic mass is 10.3. The van der Waals surface area contributed by atoms with Gasteiger partial charge in [-0.1, -0.05) is 0 Å². The molecule has 2 saturated carbocycles. The summed E-state index contributed by atoms with van der Waals surface area (Å²) in [5, 5.41) is 8.74. The molecule has 2 aliphatic carbocycles. The SMILES string of the molecule is N#CCCN(c1cc(N)nc(C2CC2)n1)C1CC1. The Morgan fingerprint density at radius 3 is 2.72 bits per heavy atom. The Labute approximate surface area is 107 Å². The molecule has 2 fully saturated rings. The number of hydrogen-bond donors (Lipinski definition) is 1. The predicted octanol–water partition coefficient (Wildman–Crippen LogP) is 1.82. The highest BCUT2D eigenvalue weighted by atomic mass is 15.2. The highest BCUT2D eigenvalue weighted by Gasteiger charge is 2.32. The molecule has 18 heavy (non-hydrogen) atoms. The molecule has 0 atom stereocenters. The molecule has 1 aromatic heterocycles. The van der Waals surface area contributed by atoms with Gasteiger partial charge in [0.25, 0.3) is 0 Å². The summed E-state index contributed by atoms with van der Waals surface area (Å²) >= 11 is 0. The van der Waals surface area contributed by atoms with Crippen LogP contribution in [0.2, 0.25) is 0 Å². The molecule has 0 saturated heterocycles. The molecular formula is C13H17N5. The van der Waals surface area contributed by atoms with Crippen LogP contribution < -0.4 is 10.6 Å². The van der Waals surface area contributed by atoms with Crippen molar-refractivity contribution in [3.05, 3.63) is 11.9 Å². The van der Waals surface area contributed by atoms with Gasteiger partial charge in [-0.3, -0.25) is 0 Å². The molecule has 1 heterocycles. The van der Waals surface area contributed by atoms with Crippen LogP contribution in [-0.4, -0.2) is 22.6 Å². The van der Waals surface area contributed by atoms with Crippen molar-refractivity contribution in [2.75, 3.05) is 17.2 Å².